The maximum Gasteiger partial charge on any atom is 1.00 e. The number of hydrogen-bond donors (Lipinski definition) is 3. The molecule has 0 fully saturated rings. The number of anilines is 2. The van der Waals surface area contributed by atoms with Crippen LogP contribution >= 0.6 is 34.2 Å². The maximum absolute atomic E-state index is 13.7. The molecule has 0 bridgehead atoms. The third-order valence-corrected chi connectivity index (χ3v) is 17.4. The number of methoxy groups -OCH3 is 3. The number of amides is 2. The summed E-state index contributed by atoms with van der Waals surface area (Å²) in [5, 5.41) is 19.9. The number of ether oxygens (including phenoxy) is 5. The molecule has 0 saturated heterocycles. The minimum absolute atomic E-state index is 0. The number of rotatable bonds is 20. The molecular formula is C58H56ClF6IN13NaO16S3. The van der Waals surface area contributed by atoms with Crippen LogP contribution in [0.25, 0.3) is 21.3 Å². The van der Waals surface area contributed by atoms with Crippen molar-refractivity contribution in [2.75, 3.05) is 44.2 Å². The summed E-state index contributed by atoms with van der Waals surface area (Å²) in [4.78, 5) is 69.8. The van der Waals surface area contributed by atoms with Crippen LogP contribution < -0.4 is 53.8 Å². The molecule has 2 amide bonds. The normalized spacial score (nSPS) is 11.6. The fourth-order valence-corrected chi connectivity index (χ4v) is 12.1. The van der Waals surface area contributed by atoms with E-state index in [4.69, 9.17) is 30.5 Å². The summed E-state index contributed by atoms with van der Waals surface area (Å²) >= 11 is 8.00. The Morgan fingerprint density at radius 3 is 2.10 bits per heavy atom. The van der Waals surface area contributed by atoms with Crippen LogP contribution in [0.2, 0.25) is 5.02 Å². The average Bonchev–Trinajstić information content (AvgIpc) is 1.70. The van der Waals surface area contributed by atoms with Gasteiger partial charge in [-0.3, -0.25) is 19.3 Å². The van der Waals surface area contributed by atoms with Crippen molar-refractivity contribution in [2.24, 2.45) is 7.05 Å². The molecule has 5 aromatic heterocycles. The van der Waals surface area contributed by atoms with Crippen molar-refractivity contribution in [1.82, 2.24) is 49.3 Å². The molecule has 29 nitrogen and oxygen atoms in total. The number of sulfone groups is 1. The molecule has 0 radical (unpaired) electrons. The molecule has 1 unspecified atom stereocenters. The number of nitrogens with zero attached hydrogens (tertiary/aromatic N) is 11. The molecule has 9 rings (SSSR count). The Kier molecular flexibility index (Phi) is 28.6. The van der Waals surface area contributed by atoms with Crippen molar-refractivity contribution in [2.45, 2.75) is 80.6 Å². The monoisotopic (exact) mass is 1590 g/mol. The first-order valence-electron chi connectivity index (χ1n) is 27.8. The number of sulfonamides is 2. The van der Waals surface area contributed by atoms with Crippen molar-refractivity contribution in [3.8, 4) is 23.7 Å². The van der Waals surface area contributed by atoms with E-state index in [0.717, 1.165) is 73.3 Å². The summed E-state index contributed by atoms with van der Waals surface area (Å²) in [6.45, 7) is 6.87. The van der Waals surface area contributed by atoms with E-state index in [1.165, 1.54) is 53.3 Å². The van der Waals surface area contributed by atoms with Crippen LogP contribution in [0.15, 0.2) is 106 Å². The van der Waals surface area contributed by atoms with E-state index in [1.54, 1.807) is 23.1 Å². The Hall–Kier alpha value is -8.61. The topological polar surface area (TPSA) is 388 Å². The molecule has 0 aliphatic heterocycles. The maximum atomic E-state index is 13.7. The van der Waals surface area contributed by atoms with Gasteiger partial charge >= 0.3 is 59.7 Å². The summed E-state index contributed by atoms with van der Waals surface area (Å²) in [6, 6.07) is 14.2. The summed E-state index contributed by atoms with van der Waals surface area (Å²) in [5.41, 5.74) is -2.76. The van der Waals surface area contributed by atoms with E-state index in [9.17, 15) is 75.9 Å². The third-order valence-electron chi connectivity index (χ3n) is 12.8. The van der Waals surface area contributed by atoms with Crippen LogP contribution in [-0.4, -0.2) is 144 Å². The number of fused-ring (bicyclic) bond motifs is 2. The Morgan fingerprint density at radius 2 is 1.49 bits per heavy atom. The number of ketones is 1. The molecule has 9 aromatic rings. The first-order chi connectivity index (χ1) is 45.9. The third kappa shape index (κ3) is 21.5. The largest absolute Gasteiger partial charge is 1.00 e. The van der Waals surface area contributed by atoms with Crippen LogP contribution in [-0.2, 0) is 57.4 Å². The number of urea groups is 1. The van der Waals surface area contributed by atoms with E-state index < -0.39 is 115 Å². The predicted octanol–water partition coefficient (Wildman–Crippen LogP) is 7.10. The first kappa shape index (κ1) is 81.1. The molecule has 5 heterocycles. The second kappa shape index (κ2) is 34.9. The number of para-hydroxylation sites is 1. The molecule has 3 N–H and O–H groups in total. The number of esters is 2. The zero-order valence-corrected chi connectivity index (χ0v) is 60.9. The Balaban J connectivity index is 0.000000238. The number of aromatic hydroxyl groups is 1. The van der Waals surface area contributed by atoms with Crippen LogP contribution in [0.4, 0.5) is 42.8 Å². The number of carbonyl (C=O) groups excluding carboxylic acids is 4. The molecule has 0 aliphatic carbocycles. The number of pyridine rings is 1. The van der Waals surface area contributed by atoms with Crippen molar-refractivity contribution in [1.29, 1.82) is 0 Å². The van der Waals surface area contributed by atoms with Gasteiger partial charge in [0.25, 0.3) is 15.2 Å². The predicted molar refractivity (Wildman–Crippen MR) is 345 cm³/mol. The number of unbranched alkanes of at least 4 members (excludes halogenated alkanes) is 2. The minimum Gasteiger partial charge on any atom is -0.493 e. The Morgan fingerprint density at radius 1 is 0.818 bits per heavy atom. The Bertz CT molecular complexity index is 4820. The molecule has 524 valence electrons. The number of alkyl halides is 3. The SMILES string of the molecule is CCCCCC(C)OC(=O)COc1ccc(Cl)c2cccnc12.COC(=O)c1ccc(I)cc1S(=O)(=O)[N-]C(=O)Nc1nc(C)nc(OC)n1.COc1ncc(F)c2nc(S(=O)(=O)Nc3c(F)cccc3F)nn12.Cc1nn(C)c(O)c1C(=O)c1ccc(C(F)(F)F)cc1S(C)(=O)=O.[Na+]. The molecule has 1 atom stereocenters. The van der Waals surface area contributed by atoms with E-state index in [1.807, 2.05) is 41.6 Å². The summed E-state index contributed by atoms with van der Waals surface area (Å²) < 4.78 is 185. The number of benzene rings is 4. The fourth-order valence-electron chi connectivity index (χ4n) is 8.31. The smallest absolute Gasteiger partial charge is 0.493 e. The molecule has 0 aliphatic rings. The molecule has 99 heavy (non-hydrogen) atoms. The zero-order chi connectivity index (χ0) is 72.8. The van der Waals surface area contributed by atoms with E-state index in [-0.39, 0.29) is 88.9 Å². The number of aryl methyl sites for hydroxylation is 3. The van der Waals surface area contributed by atoms with Gasteiger partial charge in [0.1, 0.15) is 40.0 Å². The summed E-state index contributed by atoms with van der Waals surface area (Å²) in [7, 11) is -8.21. The minimum atomic E-state index is -4.76. The van der Waals surface area contributed by atoms with Crippen LogP contribution in [0.1, 0.15) is 82.9 Å². The van der Waals surface area contributed by atoms with E-state index in [2.05, 4.69) is 61.8 Å². The zero-order valence-electron chi connectivity index (χ0n) is 53.5. The van der Waals surface area contributed by atoms with Crippen LogP contribution in [0.3, 0.4) is 0 Å². The number of carbonyl (C=O) groups is 4. The van der Waals surface area contributed by atoms with Crippen molar-refractivity contribution >= 4 is 116 Å². The number of hydrogen-bond acceptors (Lipinski definition) is 24. The van der Waals surface area contributed by atoms with Crippen molar-refractivity contribution in [3.63, 3.8) is 0 Å². The van der Waals surface area contributed by atoms with Gasteiger partial charge in [-0.1, -0.05) is 37.4 Å². The number of halogens is 8. The Labute approximate surface area is 601 Å². The van der Waals surface area contributed by atoms with Gasteiger partial charge in [0.2, 0.25) is 21.7 Å². The van der Waals surface area contributed by atoms with Gasteiger partial charge in [-0.25, -0.2) is 54.2 Å². The fraction of sp³-hybridized carbons (Fsp3) is 0.276. The summed E-state index contributed by atoms with van der Waals surface area (Å²) in [6.07, 6.45) is 2.55. The molecule has 41 heteroatoms. The molecule has 4 aromatic carbocycles. The molecule has 0 spiro atoms. The second-order valence-electron chi connectivity index (χ2n) is 20.0. The standard InChI is InChI=1S/C18H22ClNO3.C14H13F3N2O4S.C14H14IN5O6S.C12H8F3N5O3S.Na/c1-3-4-5-7-13(2)23-17(21)12-22-16-10-9-15(19)14-8-6-11-20-18(14)16;1-7-11(13(21)19(2)18-7)12(20)9-5-4-8(14(15,16)17)6-10(9)24(3,22)23;1-7-16-12(19-14(17-7)26-3)18-13(22)20-27(23,24)10-6-8(15)4-5-9(10)11(21)25-2;1-23-12-16-5-8(15)10-17-11(18-20(10)12)24(21,22)19-9-6(13)3-2-4-7(9)14;/h6,8-11,13H,3-5,7,12H2,1-2H3;4-6,21H,1-3H3;4-6H,1-3H3,(H2,16,17,18,19,20,22);2-5,19H,1H3;/q;;;;+1/p-1. The van der Waals surface area contributed by atoms with Gasteiger partial charge in [0.15, 0.2) is 39.9 Å². The van der Waals surface area contributed by atoms with E-state index in [0.29, 0.717) is 42.8 Å². The molecular weight excluding hydrogens is 1530 g/mol. The van der Waals surface area contributed by atoms with Crippen LogP contribution in [0, 0.1) is 34.9 Å². The van der Waals surface area contributed by atoms with Gasteiger partial charge in [-0.15, -0.1) is 5.10 Å². The van der Waals surface area contributed by atoms with Gasteiger partial charge < -0.3 is 38.8 Å². The van der Waals surface area contributed by atoms with Crippen molar-refractivity contribution in [3.05, 3.63) is 156 Å². The number of nitrogens with one attached hydrogen (secondary N) is 2. The average molecular weight is 1590 g/mol. The van der Waals surface area contributed by atoms with Gasteiger partial charge in [-0.2, -0.15) is 46.2 Å². The second-order valence-corrected chi connectivity index (χ2v) is 26.8. The van der Waals surface area contributed by atoms with Crippen LogP contribution in [0.5, 0.6) is 23.7 Å². The molecule has 0 saturated carbocycles. The van der Waals surface area contributed by atoms with Gasteiger partial charge in [-0.05, 0) is 129 Å². The van der Waals surface area contributed by atoms with Gasteiger partial charge in [0.05, 0.1) is 65.3 Å². The number of aromatic nitrogens is 10. The van der Waals surface area contributed by atoms with Crippen molar-refractivity contribution < 1.29 is 129 Å². The van der Waals surface area contributed by atoms with E-state index >= 15 is 0 Å². The summed E-state index contributed by atoms with van der Waals surface area (Å²) in [5.74, 6) is -5.36. The first-order valence-corrected chi connectivity index (χ1v) is 34.1. The van der Waals surface area contributed by atoms with Gasteiger partial charge in [0, 0.05) is 34.0 Å². The quantitative estimate of drug-likeness (QED) is 0.0171.